The maximum absolute atomic E-state index is 2.35. The SMILES string of the molecule is CC(C)(C)C[C@@H]1CCCSC1. The summed E-state index contributed by atoms with van der Waals surface area (Å²) in [6.45, 7) is 7.06. The van der Waals surface area contributed by atoms with E-state index >= 15 is 0 Å². The molecule has 0 nitrogen and oxygen atoms in total. The van der Waals surface area contributed by atoms with E-state index in [1.165, 1.54) is 30.8 Å². The van der Waals surface area contributed by atoms with Crippen molar-refractivity contribution in [2.24, 2.45) is 11.3 Å². The zero-order valence-electron chi connectivity index (χ0n) is 8.02. The normalized spacial score (nSPS) is 27.0. The Hall–Kier alpha value is 0.350. The standard InChI is InChI=1S/C10H20S/c1-10(2,3)7-9-5-4-6-11-8-9/h9H,4-8H2,1-3H3/t9-/m0/s1. The zero-order chi connectivity index (χ0) is 8.32. The third kappa shape index (κ3) is 4.05. The fourth-order valence-corrected chi connectivity index (χ4v) is 2.99. The van der Waals surface area contributed by atoms with Crippen molar-refractivity contribution in [3.63, 3.8) is 0 Å². The van der Waals surface area contributed by atoms with Gasteiger partial charge in [-0.05, 0) is 42.1 Å². The Bertz CT molecular complexity index is 107. The minimum Gasteiger partial charge on any atom is -0.162 e. The van der Waals surface area contributed by atoms with Crippen LogP contribution < -0.4 is 0 Å². The predicted octanol–water partition coefficient (Wildman–Crippen LogP) is 3.57. The Kier molecular flexibility index (Phi) is 3.29. The predicted molar refractivity (Wildman–Crippen MR) is 54.1 cm³/mol. The maximum Gasteiger partial charge on any atom is -0.00389 e. The Balaban J connectivity index is 2.24. The first-order valence-electron chi connectivity index (χ1n) is 4.66. The molecule has 11 heavy (non-hydrogen) atoms. The van der Waals surface area contributed by atoms with Gasteiger partial charge in [0, 0.05) is 0 Å². The summed E-state index contributed by atoms with van der Waals surface area (Å²) in [6.07, 6.45) is 4.34. The van der Waals surface area contributed by atoms with E-state index in [1.54, 1.807) is 0 Å². The average Bonchev–Trinajstić information content (AvgIpc) is 1.85. The van der Waals surface area contributed by atoms with E-state index < -0.39 is 0 Å². The van der Waals surface area contributed by atoms with Crippen molar-refractivity contribution >= 4 is 11.8 Å². The van der Waals surface area contributed by atoms with E-state index in [-0.39, 0.29) is 0 Å². The van der Waals surface area contributed by atoms with Gasteiger partial charge in [0.2, 0.25) is 0 Å². The van der Waals surface area contributed by atoms with Crippen molar-refractivity contribution in [3.8, 4) is 0 Å². The number of rotatable bonds is 1. The monoisotopic (exact) mass is 172 g/mol. The van der Waals surface area contributed by atoms with Crippen LogP contribution in [-0.4, -0.2) is 11.5 Å². The van der Waals surface area contributed by atoms with E-state index in [1.807, 2.05) is 0 Å². The Morgan fingerprint density at radius 3 is 2.55 bits per heavy atom. The molecule has 1 heterocycles. The number of hydrogen-bond acceptors (Lipinski definition) is 1. The van der Waals surface area contributed by atoms with Crippen LogP contribution in [0.3, 0.4) is 0 Å². The van der Waals surface area contributed by atoms with Crippen LogP contribution in [-0.2, 0) is 0 Å². The third-order valence-corrected chi connectivity index (χ3v) is 3.44. The molecular formula is C10H20S. The highest BCUT2D eigenvalue weighted by Gasteiger charge is 2.20. The first kappa shape index (κ1) is 9.44. The number of thioether (sulfide) groups is 1. The third-order valence-electron chi connectivity index (χ3n) is 2.16. The lowest BCUT2D eigenvalue weighted by Crippen LogP contribution is -2.18. The summed E-state index contributed by atoms with van der Waals surface area (Å²) in [7, 11) is 0. The van der Waals surface area contributed by atoms with E-state index in [0.717, 1.165) is 5.92 Å². The first-order chi connectivity index (χ1) is 5.08. The van der Waals surface area contributed by atoms with Gasteiger partial charge in [-0.15, -0.1) is 0 Å². The summed E-state index contributed by atoms with van der Waals surface area (Å²) >= 11 is 2.14. The van der Waals surface area contributed by atoms with Gasteiger partial charge in [0.1, 0.15) is 0 Å². The van der Waals surface area contributed by atoms with Crippen LogP contribution in [0.15, 0.2) is 0 Å². The van der Waals surface area contributed by atoms with Crippen molar-refractivity contribution in [2.75, 3.05) is 11.5 Å². The molecular weight excluding hydrogens is 152 g/mol. The van der Waals surface area contributed by atoms with Crippen molar-refractivity contribution in [1.29, 1.82) is 0 Å². The van der Waals surface area contributed by atoms with Crippen LogP contribution in [0.5, 0.6) is 0 Å². The van der Waals surface area contributed by atoms with Gasteiger partial charge >= 0.3 is 0 Å². The molecule has 0 radical (unpaired) electrons. The molecule has 0 N–H and O–H groups in total. The molecule has 0 amide bonds. The molecule has 0 unspecified atom stereocenters. The van der Waals surface area contributed by atoms with Crippen LogP contribution in [0.4, 0.5) is 0 Å². The summed E-state index contributed by atoms with van der Waals surface area (Å²) in [5.41, 5.74) is 0.544. The summed E-state index contributed by atoms with van der Waals surface area (Å²) in [6, 6.07) is 0. The Morgan fingerprint density at radius 1 is 1.36 bits per heavy atom. The van der Waals surface area contributed by atoms with Gasteiger partial charge in [-0.25, -0.2) is 0 Å². The molecule has 0 saturated carbocycles. The first-order valence-corrected chi connectivity index (χ1v) is 5.81. The lowest BCUT2D eigenvalue weighted by molar-refractivity contribution is 0.296. The van der Waals surface area contributed by atoms with Gasteiger partial charge in [0.05, 0.1) is 0 Å². The highest BCUT2D eigenvalue weighted by atomic mass is 32.2. The molecule has 66 valence electrons. The van der Waals surface area contributed by atoms with Crippen LogP contribution in [0, 0.1) is 11.3 Å². The molecule has 0 aromatic heterocycles. The second-order valence-electron chi connectivity index (χ2n) is 4.85. The minimum atomic E-state index is 0.544. The fraction of sp³-hybridized carbons (Fsp3) is 1.00. The van der Waals surface area contributed by atoms with E-state index in [9.17, 15) is 0 Å². The molecule has 1 heteroatoms. The summed E-state index contributed by atoms with van der Waals surface area (Å²) in [4.78, 5) is 0. The molecule has 0 spiro atoms. The largest absolute Gasteiger partial charge is 0.162 e. The highest BCUT2D eigenvalue weighted by Crippen LogP contribution is 2.32. The second kappa shape index (κ2) is 3.84. The molecule has 0 aromatic carbocycles. The zero-order valence-corrected chi connectivity index (χ0v) is 8.84. The molecule has 1 rings (SSSR count). The average molecular weight is 172 g/mol. The lowest BCUT2D eigenvalue weighted by atomic mass is 9.83. The minimum absolute atomic E-state index is 0.544. The molecule has 0 bridgehead atoms. The summed E-state index contributed by atoms with van der Waals surface area (Å²) in [5, 5.41) is 0. The molecule has 0 aliphatic carbocycles. The topological polar surface area (TPSA) is 0 Å². The van der Waals surface area contributed by atoms with Crippen molar-refractivity contribution in [2.45, 2.75) is 40.0 Å². The van der Waals surface area contributed by atoms with Crippen molar-refractivity contribution in [1.82, 2.24) is 0 Å². The number of hydrogen-bond donors (Lipinski definition) is 0. The van der Waals surface area contributed by atoms with E-state index in [0.29, 0.717) is 5.41 Å². The Morgan fingerprint density at radius 2 is 2.09 bits per heavy atom. The van der Waals surface area contributed by atoms with Gasteiger partial charge in [0.15, 0.2) is 0 Å². The van der Waals surface area contributed by atoms with Crippen molar-refractivity contribution < 1.29 is 0 Å². The van der Waals surface area contributed by atoms with Crippen LogP contribution in [0.25, 0.3) is 0 Å². The molecule has 1 aliphatic heterocycles. The van der Waals surface area contributed by atoms with Gasteiger partial charge < -0.3 is 0 Å². The second-order valence-corrected chi connectivity index (χ2v) is 6.00. The lowest BCUT2D eigenvalue weighted by Gasteiger charge is -2.28. The van der Waals surface area contributed by atoms with E-state index in [4.69, 9.17) is 0 Å². The van der Waals surface area contributed by atoms with Crippen molar-refractivity contribution in [3.05, 3.63) is 0 Å². The quantitative estimate of drug-likeness (QED) is 0.583. The molecule has 0 aromatic rings. The summed E-state index contributed by atoms with van der Waals surface area (Å²) in [5.74, 6) is 3.83. The molecule has 1 aliphatic rings. The van der Waals surface area contributed by atoms with Crippen LogP contribution in [0.1, 0.15) is 40.0 Å². The van der Waals surface area contributed by atoms with E-state index in [2.05, 4.69) is 32.5 Å². The van der Waals surface area contributed by atoms with Gasteiger partial charge in [-0.1, -0.05) is 20.8 Å². The maximum atomic E-state index is 2.35. The smallest absolute Gasteiger partial charge is 0.00389 e. The molecule has 1 fully saturated rings. The highest BCUT2D eigenvalue weighted by molar-refractivity contribution is 7.99. The molecule has 1 atom stereocenters. The fourth-order valence-electron chi connectivity index (χ4n) is 1.83. The molecule has 1 saturated heterocycles. The van der Waals surface area contributed by atoms with Crippen LogP contribution >= 0.6 is 11.8 Å². The van der Waals surface area contributed by atoms with Gasteiger partial charge in [0.25, 0.3) is 0 Å². The van der Waals surface area contributed by atoms with Gasteiger partial charge in [-0.2, -0.15) is 11.8 Å². The summed E-state index contributed by atoms with van der Waals surface area (Å²) < 4.78 is 0. The van der Waals surface area contributed by atoms with Crippen LogP contribution in [0.2, 0.25) is 0 Å². The Labute approximate surface area is 75.1 Å². The van der Waals surface area contributed by atoms with Gasteiger partial charge in [-0.3, -0.25) is 0 Å².